The second kappa shape index (κ2) is 6.37. The van der Waals surface area contributed by atoms with E-state index in [0.29, 0.717) is 0 Å². The van der Waals surface area contributed by atoms with E-state index in [2.05, 4.69) is 4.18 Å². The Morgan fingerprint density at radius 3 is 2.58 bits per heavy atom. The first kappa shape index (κ1) is 8.34. The largest absolute Gasteiger partial charge is 0.460 e. The van der Waals surface area contributed by atoms with Crippen LogP contribution in [0.15, 0.2) is 72.2 Å². The summed E-state index contributed by atoms with van der Waals surface area (Å²) >= 11 is 0. The van der Waals surface area contributed by atoms with Gasteiger partial charge in [-0.05, 0) is 5.56 Å². The van der Waals surface area contributed by atoms with Crippen LogP contribution in [0.5, 0.6) is 0 Å². The molecule has 0 saturated heterocycles. The number of Topliss-reactive ketones (excluding diaryl/α,β-unsaturated/α-hetero) is 1. The highest BCUT2D eigenvalue weighted by molar-refractivity contribution is 7.86. The molecule has 2 aromatic rings. The quantitative estimate of drug-likeness (QED) is 0.825. The van der Waals surface area contributed by atoms with Crippen molar-refractivity contribution in [2.75, 3.05) is 0 Å². The highest BCUT2D eigenvalue weighted by Crippen LogP contribution is 2.32. The highest BCUT2D eigenvalue weighted by atomic mass is 32.2. The zero-order valence-electron chi connectivity index (χ0n) is 20.8. The zero-order chi connectivity index (χ0) is 25.1. The first-order valence-electron chi connectivity index (χ1n) is 10.9. The lowest BCUT2D eigenvalue weighted by Gasteiger charge is -2.09. The third kappa shape index (κ3) is 3.41. The molecule has 0 bridgehead atoms. The molecule has 1 heterocycles. The first-order valence-corrected chi connectivity index (χ1v) is 7.79. The first-order chi connectivity index (χ1) is 15.1. The Morgan fingerprint density at radius 1 is 1.25 bits per heavy atom. The molecule has 0 amide bonds. The van der Waals surface area contributed by atoms with Crippen LogP contribution < -0.4 is 5.73 Å². The number of rotatable bonds is 5. The molecule has 0 aromatic heterocycles. The summed E-state index contributed by atoms with van der Waals surface area (Å²) in [4.78, 5) is 12.8. The molecule has 124 valence electrons. The number of nitrogens with two attached hydrogens (primary N) is 1. The maximum Gasteiger partial charge on any atom is 0.313 e. The Hall–Kier alpha value is -2.80. The SMILES string of the molecule is [2H]c1ccc([C@]2([2H])OC(N)=C(OS(=O)(=O)C([2H])([2H])c3c([2H])c([2H])c([2H])c([2H])c3[2H])C2=O)cc1. The lowest BCUT2D eigenvalue weighted by atomic mass is 10.1. The fraction of sp³-hybridized carbons (Fsp3) is 0.118. The second-order valence-electron chi connectivity index (χ2n) is 4.38. The van der Waals surface area contributed by atoms with Gasteiger partial charge in [-0.15, -0.1) is 0 Å². The van der Waals surface area contributed by atoms with Crippen LogP contribution in [0.3, 0.4) is 0 Å². The van der Waals surface area contributed by atoms with Crippen molar-refractivity contribution >= 4 is 15.9 Å². The van der Waals surface area contributed by atoms with Gasteiger partial charge in [-0.25, -0.2) is 0 Å². The number of hydrogen-bond acceptors (Lipinski definition) is 6. The molecule has 1 atom stereocenters. The van der Waals surface area contributed by atoms with Crippen molar-refractivity contribution in [3.05, 3.63) is 83.3 Å². The Kier molecular flexibility index (Phi) is 2.21. The maximum atomic E-state index is 12.8. The van der Waals surface area contributed by atoms with Crippen molar-refractivity contribution in [2.24, 2.45) is 5.73 Å². The van der Waals surface area contributed by atoms with E-state index in [-0.39, 0.29) is 11.6 Å². The van der Waals surface area contributed by atoms with Crippen molar-refractivity contribution in [1.82, 2.24) is 0 Å². The van der Waals surface area contributed by atoms with Crippen molar-refractivity contribution in [3.8, 4) is 0 Å². The minimum Gasteiger partial charge on any atom is -0.460 e. The van der Waals surface area contributed by atoms with Crippen LogP contribution in [0.1, 0.15) is 29.5 Å². The summed E-state index contributed by atoms with van der Waals surface area (Å²) in [5, 5.41) is 0. The van der Waals surface area contributed by atoms with Crippen LogP contribution in [-0.4, -0.2) is 14.2 Å². The molecule has 24 heavy (non-hydrogen) atoms. The topological polar surface area (TPSA) is 95.7 Å². The third-order valence-corrected chi connectivity index (χ3v) is 3.59. The summed E-state index contributed by atoms with van der Waals surface area (Å²) in [6, 6.07) is -0.145. The van der Waals surface area contributed by atoms with Crippen LogP contribution in [0.4, 0.5) is 0 Å². The maximum absolute atomic E-state index is 12.8. The van der Waals surface area contributed by atoms with Gasteiger partial charge in [0.25, 0.3) is 0 Å². The monoisotopic (exact) mass is 354 g/mol. The van der Waals surface area contributed by atoms with Crippen molar-refractivity contribution in [2.45, 2.75) is 11.8 Å². The molecule has 7 heteroatoms. The fourth-order valence-electron chi connectivity index (χ4n) is 1.78. The van der Waals surface area contributed by atoms with E-state index in [1.165, 1.54) is 24.3 Å². The summed E-state index contributed by atoms with van der Waals surface area (Å²) < 4.78 is 105. The number of carbonyl (C=O) groups is 1. The van der Waals surface area contributed by atoms with E-state index in [0.717, 1.165) is 0 Å². The molecule has 0 aliphatic carbocycles. The Bertz CT molecular complexity index is 1280. The van der Waals surface area contributed by atoms with Gasteiger partial charge in [0.2, 0.25) is 17.4 Å². The standard InChI is InChI=1S/C17H15NO5S/c18-17-16(14(19)15(22-17)13-9-5-2-6-10-13)23-24(20,21)11-12-7-3-1-4-8-12/h1-10,15H,11,18H2/t15-/m0/s1/i1D,2D,3D,4D,7D,8D,11D2,15D. The Balaban J connectivity index is 2.04. The molecule has 0 radical (unpaired) electrons. The molecule has 0 spiro atoms. The normalized spacial score (nSPS) is 26.7. The smallest absolute Gasteiger partial charge is 0.313 e. The van der Waals surface area contributed by atoms with E-state index in [1.807, 2.05) is 0 Å². The van der Waals surface area contributed by atoms with Gasteiger partial charge in [-0.1, -0.05) is 60.5 Å². The van der Waals surface area contributed by atoms with Gasteiger partial charge >= 0.3 is 10.1 Å². The van der Waals surface area contributed by atoms with E-state index in [1.54, 1.807) is 0 Å². The molecule has 1 aliphatic rings. The van der Waals surface area contributed by atoms with Crippen LogP contribution in [0, 0.1) is 0 Å². The Morgan fingerprint density at radius 2 is 1.92 bits per heavy atom. The van der Waals surface area contributed by atoms with Gasteiger partial charge in [0.1, 0.15) is 5.70 Å². The van der Waals surface area contributed by atoms with Crippen LogP contribution in [0.25, 0.3) is 0 Å². The van der Waals surface area contributed by atoms with Gasteiger partial charge in [0.15, 0.2) is 6.08 Å². The lowest BCUT2D eigenvalue weighted by Crippen LogP contribution is -2.16. The predicted octanol–water partition coefficient (Wildman–Crippen LogP) is 2.00. The molecule has 0 fully saturated rings. The second-order valence-corrected chi connectivity index (χ2v) is 5.66. The molecule has 0 saturated carbocycles. The summed E-state index contributed by atoms with van der Waals surface area (Å²) in [5.41, 5.74) is 0.461. The minimum absolute atomic E-state index is 0.0552. The van der Waals surface area contributed by atoms with Crippen molar-refractivity contribution in [3.63, 3.8) is 0 Å². The van der Waals surface area contributed by atoms with E-state index >= 15 is 0 Å². The number of ether oxygens (including phenoxy) is 1. The van der Waals surface area contributed by atoms with Gasteiger partial charge < -0.3 is 14.7 Å². The van der Waals surface area contributed by atoms with Crippen LogP contribution in [-0.2, 0) is 29.5 Å². The zero-order valence-corrected chi connectivity index (χ0v) is 12.7. The average molecular weight is 354 g/mol. The highest BCUT2D eigenvalue weighted by Gasteiger charge is 2.39. The number of ketones is 1. The fourth-order valence-corrected chi connectivity index (χ4v) is 2.55. The summed E-state index contributed by atoms with van der Waals surface area (Å²) in [6.45, 7) is 0. The Labute approximate surface area is 152 Å². The van der Waals surface area contributed by atoms with Gasteiger partial charge in [-0.2, -0.15) is 8.42 Å². The molecular formula is C17H15NO5S. The molecule has 2 aromatic carbocycles. The average Bonchev–Trinajstić information content (AvgIpc) is 2.94. The summed E-state index contributed by atoms with van der Waals surface area (Å²) in [5.74, 6) is -3.54. The summed E-state index contributed by atoms with van der Waals surface area (Å²) in [6.07, 6.45) is -2.58. The number of hydrogen-bond donors (Lipinski definition) is 1. The molecule has 1 aliphatic heterocycles. The molecule has 3 rings (SSSR count). The van der Waals surface area contributed by atoms with Gasteiger partial charge in [-0.3, -0.25) is 4.79 Å². The van der Waals surface area contributed by atoms with Gasteiger partial charge in [0.05, 0.1) is 12.3 Å². The molecule has 0 unspecified atom stereocenters. The van der Waals surface area contributed by atoms with Crippen LogP contribution >= 0.6 is 0 Å². The predicted molar refractivity (Wildman–Crippen MR) is 86.6 cm³/mol. The van der Waals surface area contributed by atoms with Gasteiger partial charge in [0, 0.05) is 5.56 Å². The van der Waals surface area contributed by atoms with Crippen molar-refractivity contribution in [1.29, 1.82) is 0 Å². The third-order valence-electron chi connectivity index (χ3n) is 2.75. The molecule has 2 N–H and O–H groups in total. The van der Waals surface area contributed by atoms with E-state index in [4.69, 9.17) is 22.8 Å². The molecule has 6 nitrogen and oxygen atoms in total. The van der Waals surface area contributed by atoms with E-state index < -0.39 is 75.1 Å². The number of carbonyl (C=O) groups excluding carboxylic acids is 1. The summed E-state index contributed by atoms with van der Waals surface area (Å²) in [7, 11) is -5.58. The lowest BCUT2D eigenvalue weighted by molar-refractivity contribution is -0.123. The van der Waals surface area contributed by atoms with Crippen molar-refractivity contribution < 1.29 is 34.5 Å². The van der Waals surface area contributed by atoms with E-state index in [9.17, 15) is 13.2 Å². The molecular weight excluding hydrogens is 330 g/mol. The minimum atomic E-state index is -5.58. The van der Waals surface area contributed by atoms with Crippen LogP contribution in [0.2, 0.25) is 0 Å². The number of benzene rings is 2.